The Morgan fingerprint density at radius 3 is 2.74 bits per heavy atom. The molecule has 0 saturated heterocycles. The van der Waals surface area contributed by atoms with Crippen LogP contribution in [0.2, 0.25) is 0 Å². The lowest BCUT2D eigenvalue weighted by atomic mass is 10.2. The lowest BCUT2D eigenvalue weighted by Crippen LogP contribution is -2.30. The summed E-state index contributed by atoms with van der Waals surface area (Å²) in [5.41, 5.74) is 1.46. The van der Waals surface area contributed by atoms with E-state index in [4.69, 9.17) is 5.11 Å². The van der Waals surface area contributed by atoms with Gasteiger partial charge in [0.05, 0.1) is 17.0 Å². The molecule has 118 valence electrons. The van der Waals surface area contributed by atoms with Crippen LogP contribution in [0.1, 0.15) is 41.5 Å². The molecule has 0 spiro atoms. The van der Waals surface area contributed by atoms with E-state index < -0.39 is 5.97 Å². The Bertz CT molecular complexity index is 780. The molecule has 1 aliphatic rings. The van der Waals surface area contributed by atoms with Crippen LogP contribution in [0.5, 0.6) is 0 Å². The molecule has 7 heteroatoms. The van der Waals surface area contributed by atoms with Crippen LogP contribution in [-0.4, -0.2) is 33.0 Å². The number of rotatable bonds is 5. The number of aromatic nitrogens is 2. The Morgan fingerprint density at radius 1 is 1.35 bits per heavy atom. The third kappa shape index (κ3) is 3.62. The lowest BCUT2D eigenvalue weighted by Gasteiger charge is -2.16. The highest BCUT2D eigenvalue weighted by Gasteiger charge is 2.33. The van der Waals surface area contributed by atoms with Crippen LogP contribution in [0.4, 0.5) is 5.13 Å². The quantitative estimate of drug-likeness (QED) is 0.912. The largest absolute Gasteiger partial charge is 0.478 e. The van der Waals surface area contributed by atoms with Crippen molar-refractivity contribution in [2.75, 3.05) is 4.90 Å². The molecule has 0 atom stereocenters. The van der Waals surface area contributed by atoms with Crippen molar-refractivity contribution in [2.45, 2.75) is 25.8 Å². The van der Waals surface area contributed by atoms with Crippen LogP contribution in [0.25, 0.3) is 12.2 Å². The fraction of sp³-hybridized carbons (Fsp3) is 0.250. The SMILES string of the molecule is CC(=O)N(c1nc(/C=C/c2cc(C(=O)O)ccn2)cs1)C1CC1. The minimum absolute atomic E-state index is 0.00760. The monoisotopic (exact) mass is 329 g/mol. The van der Waals surface area contributed by atoms with Crippen LogP contribution in [0.15, 0.2) is 23.7 Å². The maximum Gasteiger partial charge on any atom is 0.335 e. The molecule has 1 aliphatic carbocycles. The molecule has 1 saturated carbocycles. The Hall–Kier alpha value is -2.54. The molecule has 23 heavy (non-hydrogen) atoms. The number of pyridine rings is 1. The highest BCUT2D eigenvalue weighted by molar-refractivity contribution is 7.14. The number of carboxylic acids is 1. The number of carbonyl (C=O) groups excluding carboxylic acids is 1. The van der Waals surface area contributed by atoms with E-state index in [0.717, 1.165) is 18.5 Å². The second-order valence-electron chi connectivity index (χ2n) is 5.28. The van der Waals surface area contributed by atoms with Crippen LogP contribution in [0, 0.1) is 0 Å². The topological polar surface area (TPSA) is 83.4 Å². The third-order valence-corrected chi connectivity index (χ3v) is 4.28. The number of thiazole rings is 1. The second kappa shape index (κ2) is 6.29. The van der Waals surface area contributed by atoms with Gasteiger partial charge < -0.3 is 5.11 Å². The van der Waals surface area contributed by atoms with E-state index in [1.807, 2.05) is 5.38 Å². The van der Waals surface area contributed by atoms with Gasteiger partial charge in [-0.2, -0.15) is 0 Å². The zero-order valence-electron chi connectivity index (χ0n) is 12.5. The van der Waals surface area contributed by atoms with Gasteiger partial charge in [-0.3, -0.25) is 14.7 Å². The first-order chi connectivity index (χ1) is 11.0. The summed E-state index contributed by atoms with van der Waals surface area (Å²) in [6, 6.07) is 3.23. The van der Waals surface area contributed by atoms with Gasteiger partial charge in [0.25, 0.3) is 0 Å². The molecule has 3 rings (SSSR count). The normalized spacial score (nSPS) is 14.1. The summed E-state index contributed by atoms with van der Waals surface area (Å²) in [4.78, 5) is 33.0. The summed E-state index contributed by atoms with van der Waals surface area (Å²) in [6.45, 7) is 1.55. The number of aromatic carboxylic acids is 1. The number of anilines is 1. The number of nitrogens with zero attached hydrogens (tertiary/aromatic N) is 3. The van der Waals surface area contributed by atoms with Gasteiger partial charge in [-0.15, -0.1) is 11.3 Å². The molecule has 6 nitrogen and oxygen atoms in total. The molecule has 2 aromatic heterocycles. The van der Waals surface area contributed by atoms with Gasteiger partial charge in [0.15, 0.2) is 5.13 Å². The van der Waals surface area contributed by atoms with Crippen molar-refractivity contribution in [3.63, 3.8) is 0 Å². The van der Waals surface area contributed by atoms with Crippen LogP contribution in [0.3, 0.4) is 0 Å². The standard InChI is InChI=1S/C16H15N3O3S/c1-10(20)19(14-4-5-14)16-18-13(9-23-16)3-2-12-8-11(15(21)22)6-7-17-12/h2-3,6-9,14H,4-5H2,1H3,(H,21,22)/b3-2+. The van der Waals surface area contributed by atoms with Crippen LogP contribution >= 0.6 is 11.3 Å². The van der Waals surface area contributed by atoms with E-state index in [1.54, 1.807) is 24.0 Å². The minimum atomic E-state index is -0.987. The predicted octanol–water partition coefficient (Wildman–Crippen LogP) is 2.92. The fourth-order valence-electron chi connectivity index (χ4n) is 2.19. The van der Waals surface area contributed by atoms with E-state index in [9.17, 15) is 9.59 Å². The van der Waals surface area contributed by atoms with Crippen LogP contribution in [-0.2, 0) is 4.79 Å². The van der Waals surface area contributed by atoms with Gasteiger partial charge in [0, 0.05) is 24.5 Å². The third-order valence-electron chi connectivity index (χ3n) is 3.42. The first kappa shape index (κ1) is 15.4. The molecule has 0 bridgehead atoms. The van der Waals surface area contributed by atoms with Gasteiger partial charge in [0.2, 0.25) is 5.91 Å². The zero-order valence-corrected chi connectivity index (χ0v) is 13.3. The molecular weight excluding hydrogens is 314 g/mol. The molecule has 0 aliphatic heterocycles. The predicted molar refractivity (Wildman–Crippen MR) is 88.4 cm³/mol. The molecule has 1 amide bonds. The molecule has 2 heterocycles. The number of amides is 1. The molecule has 1 fully saturated rings. The van der Waals surface area contributed by atoms with Gasteiger partial charge in [-0.25, -0.2) is 9.78 Å². The maximum absolute atomic E-state index is 11.7. The average Bonchev–Trinajstić information content (AvgIpc) is 3.23. The molecule has 0 radical (unpaired) electrons. The first-order valence-electron chi connectivity index (χ1n) is 7.17. The highest BCUT2D eigenvalue weighted by atomic mass is 32.1. The van der Waals surface area contributed by atoms with Crippen molar-refractivity contribution in [1.82, 2.24) is 9.97 Å². The average molecular weight is 329 g/mol. The van der Waals surface area contributed by atoms with E-state index in [-0.39, 0.29) is 17.5 Å². The summed E-state index contributed by atoms with van der Waals surface area (Å²) in [5.74, 6) is -0.979. The number of carbonyl (C=O) groups is 2. The van der Waals surface area contributed by atoms with Crippen molar-refractivity contribution in [3.8, 4) is 0 Å². The number of carboxylic acid groups (broad SMARTS) is 1. The Labute approximate surface area is 137 Å². The lowest BCUT2D eigenvalue weighted by molar-refractivity contribution is -0.116. The summed E-state index contributed by atoms with van der Waals surface area (Å²) in [5, 5.41) is 11.5. The Morgan fingerprint density at radius 2 is 2.09 bits per heavy atom. The van der Waals surface area contributed by atoms with E-state index in [2.05, 4.69) is 9.97 Å². The van der Waals surface area contributed by atoms with Gasteiger partial charge >= 0.3 is 5.97 Å². The summed E-state index contributed by atoms with van der Waals surface area (Å²) in [7, 11) is 0. The Kier molecular flexibility index (Phi) is 4.20. The van der Waals surface area contributed by atoms with Crippen molar-refractivity contribution in [2.24, 2.45) is 0 Å². The Balaban J connectivity index is 1.77. The highest BCUT2D eigenvalue weighted by Crippen LogP contribution is 2.33. The van der Waals surface area contributed by atoms with Crippen LogP contribution < -0.4 is 4.90 Å². The summed E-state index contributed by atoms with van der Waals surface area (Å²) < 4.78 is 0. The summed E-state index contributed by atoms with van der Waals surface area (Å²) in [6.07, 6.45) is 6.98. The van der Waals surface area contributed by atoms with Crippen molar-refractivity contribution in [3.05, 3.63) is 40.7 Å². The minimum Gasteiger partial charge on any atom is -0.478 e. The van der Waals surface area contributed by atoms with Crippen molar-refractivity contribution < 1.29 is 14.7 Å². The maximum atomic E-state index is 11.7. The molecule has 2 aromatic rings. The smallest absolute Gasteiger partial charge is 0.335 e. The van der Waals surface area contributed by atoms with E-state index in [1.165, 1.54) is 29.7 Å². The first-order valence-corrected chi connectivity index (χ1v) is 8.05. The molecule has 1 N–H and O–H groups in total. The zero-order chi connectivity index (χ0) is 16.4. The van der Waals surface area contributed by atoms with Gasteiger partial charge in [-0.05, 0) is 37.1 Å². The summed E-state index contributed by atoms with van der Waals surface area (Å²) >= 11 is 1.43. The second-order valence-corrected chi connectivity index (χ2v) is 6.12. The van der Waals surface area contributed by atoms with Gasteiger partial charge in [0.1, 0.15) is 0 Å². The van der Waals surface area contributed by atoms with Gasteiger partial charge in [-0.1, -0.05) is 0 Å². The van der Waals surface area contributed by atoms with E-state index in [0.29, 0.717) is 10.8 Å². The number of hydrogen-bond donors (Lipinski definition) is 1. The fourth-order valence-corrected chi connectivity index (χ4v) is 3.09. The van der Waals surface area contributed by atoms with E-state index >= 15 is 0 Å². The number of hydrogen-bond acceptors (Lipinski definition) is 5. The molecule has 0 unspecified atom stereocenters. The molecule has 0 aromatic carbocycles. The molecular formula is C16H15N3O3S. The van der Waals surface area contributed by atoms with Crippen molar-refractivity contribution in [1.29, 1.82) is 0 Å². The van der Waals surface area contributed by atoms with Crippen molar-refractivity contribution >= 4 is 40.5 Å².